The number of likely N-dealkylation sites (tertiary alicyclic amines) is 1. The van der Waals surface area contributed by atoms with Gasteiger partial charge in [-0.25, -0.2) is 9.48 Å². The van der Waals surface area contributed by atoms with Crippen molar-refractivity contribution in [1.29, 1.82) is 0 Å². The summed E-state index contributed by atoms with van der Waals surface area (Å²) in [4.78, 5) is 14.3. The smallest absolute Gasteiger partial charge is 0.323 e. The molecule has 0 atom stereocenters. The molecule has 6 nitrogen and oxygen atoms in total. The number of anilines is 1. The van der Waals surface area contributed by atoms with Gasteiger partial charge >= 0.3 is 6.03 Å². The van der Waals surface area contributed by atoms with Crippen molar-refractivity contribution < 1.29 is 9.53 Å². The van der Waals surface area contributed by atoms with Crippen molar-refractivity contribution in [3.8, 4) is 5.88 Å². The monoisotopic (exact) mass is 264 g/mol. The first-order valence-corrected chi connectivity index (χ1v) is 6.81. The lowest BCUT2D eigenvalue weighted by Crippen LogP contribution is -2.61. The van der Waals surface area contributed by atoms with E-state index in [0.717, 1.165) is 25.8 Å². The molecule has 1 aliphatic heterocycles. The highest BCUT2D eigenvalue weighted by atomic mass is 16.5. The summed E-state index contributed by atoms with van der Waals surface area (Å²) in [5.41, 5.74) is 0.146. The number of urea groups is 1. The Kier molecular flexibility index (Phi) is 2.88. The van der Waals surface area contributed by atoms with Crippen LogP contribution in [0, 0.1) is 0 Å². The van der Waals surface area contributed by atoms with Crippen molar-refractivity contribution in [2.24, 2.45) is 7.05 Å². The summed E-state index contributed by atoms with van der Waals surface area (Å²) in [5, 5.41) is 7.06. The van der Waals surface area contributed by atoms with Crippen molar-refractivity contribution >= 4 is 11.8 Å². The Labute approximate surface area is 112 Å². The van der Waals surface area contributed by atoms with Gasteiger partial charge < -0.3 is 9.64 Å². The van der Waals surface area contributed by atoms with E-state index in [1.165, 1.54) is 12.8 Å². The van der Waals surface area contributed by atoms with Crippen LogP contribution in [0.5, 0.6) is 5.88 Å². The predicted octanol–water partition coefficient (Wildman–Crippen LogP) is 1.98. The molecule has 104 valence electrons. The second-order valence-corrected chi connectivity index (χ2v) is 5.46. The number of aryl methyl sites for hydroxylation is 1. The Morgan fingerprint density at radius 1 is 1.42 bits per heavy atom. The fourth-order valence-corrected chi connectivity index (χ4v) is 3.24. The number of ether oxygens (including phenoxy) is 1. The van der Waals surface area contributed by atoms with E-state index >= 15 is 0 Å². The molecular formula is C13H20N4O2. The number of rotatable bonds is 2. The molecule has 1 aromatic rings. The lowest BCUT2D eigenvalue weighted by molar-refractivity contribution is 0.0357. The van der Waals surface area contributed by atoms with E-state index in [2.05, 4.69) is 10.4 Å². The van der Waals surface area contributed by atoms with E-state index in [1.54, 1.807) is 24.9 Å². The van der Waals surface area contributed by atoms with Crippen molar-refractivity contribution in [1.82, 2.24) is 14.7 Å². The third kappa shape index (κ3) is 1.95. The first kappa shape index (κ1) is 12.3. The van der Waals surface area contributed by atoms with Crippen LogP contribution in [0.4, 0.5) is 10.6 Å². The number of nitrogens with zero attached hydrogens (tertiary/aromatic N) is 3. The normalized spacial score (nSPS) is 20.4. The summed E-state index contributed by atoms with van der Waals surface area (Å²) in [7, 11) is 3.36. The maximum atomic E-state index is 12.3. The molecule has 0 bridgehead atoms. The Bertz CT molecular complexity index is 491. The Morgan fingerprint density at radius 3 is 2.68 bits per heavy atom. The van der Waals surface area contributed by atoms with E-state index < -0.39 is 0 Å². The second-order valence-electron chi connectivity index (χ2n) is 5.46. The lowest BCUT2D eigenvalue weighted by Gasteiger charge is -2.50. The van der Waals surface area contributed by atoms with Gasteiger partial charge in [-0.3, -0.25) is 5.32 Å². The number of hydrogen-bond acceptors (Lipinski definition) is 3. The van der Waals surface area contributed by atoms with Gasteiger partial charge in [0.25, 0.3) is 0 Å². The minimum atomic E-state index is -0.0150. The van der Waals surface area contributed by atoms with Crippen LogP contribution in [0.2, 0.25) is 0 Å². The Hall–Kier alpha value is -1.72. The molecule has 3 rings (SSSR count). The highest BCUT2D eigenvalue weighted by Crippen LogP contribution is 2.44. The van der Waals surface area contributed by atoms with Crippen LogP contribution in [-0.4, -0.2) is 39.9 Å². The number of nitrogens with one attached hydrogen (secondary N) is 1. The largest absolute Gasteiger partial charge is 0.480 e. The molecule has 2 amide bonds. The van der Waals surface area contributed by atoms with Crippen LogP contribution in [0.15, 0.2) is 6.07 Å². The molecule has 0 unspecified atom stereocenters. The summed E-state index contributed by atoms with van der Waals surface area (Å²) in [6.07, 6.45) is 5.92. The Morgan fingerprint density at radius 2 is 2.16 bits per heavy atom. The highest BCUT2D eigenvalue weighted by molar-refractivity contribution is 5.89. The standard InChI is InChI=1S/C13H20N4O2/c1-16-10(9-11(15-16)19-2)14-12(18)17-8-7-13(17)5-3-4-6-13/h9H,3-8H2,1-2H3,(H,14,18). The summed E-state index contributed by atoms with van der Waals surface area (Å²) >= 11 is 0. The third-order valence-corrected chi connectivity index (χ3v) is 4.45. The Balaban J connectivity index is 1.69. The fraction of sp³-hybridized carbons (Fsp3) is 0.692. The zero-order valence-electron chi connectivity index (χ0n) is 11.5. The van der Waals surface area contributed by atoms with Crippen molar-refractivity contribution in [3.05, 3.63) is 6.07 Å². The van der Waals surface area contributed by atoms with Crippen LogP contribution >= 0.6 is 0 Å². The molecule has 19 heavy (non-hydrogen) atoms. The first-order chi connectivity index (χ1) is 9.14. The number of carbonyl (C=O) groups is 1. The van der Waals surface area contributed by atoms with Crippen LogP contribution in [0.25, 0.3) is 0 Å². The summed E-state index contributed by atoms with van der Waals surface area (Å²) in [6, 6.07) is 1.72. The summed E-state index contributed by atoms with van der Waals surface area (Å²) < 4.78 is 6.68. The zero-order valence-corrected chi connectivity index (χ0v) is 11.5. The first-order valence-electron chi connectivity index (χ1n) is 6.81. The van der Waals surface area contributed by atoms with E-state index in [4.69, 9.17) is 4.74 Å². The quantitative estimate of drug-likeness (QED) is 0.888. The van der Waals surface area contributed by atoms with Crippen LogP contribution in [0.3, 0.4) is 0 Å². The van der Waals surface area contributed by atoms with Gasteiger partial charge in [0.15, 0.2) is 0 Å². The molecule has 2 aliphatic rings. The van der Waals surface area contributed by atoms with Gasteiger partial charge in [0, 0.05) is 25.2 Å². The van der Waals surface area contributed by atoms with Gasteiger partial charge in [0.2, 0.25) is 5.88 Å². The third-order valence-electron chi connectivity index (χ3n) is 4.45. The molecule has 6 heteroatoms. The minimum absolute atomic E-state index is 0.0150. The molecule has 1 saturated heterocycles. The molecule has 2 heterocycles. The van der Waals surface area contributed by atoms with E-state index in [0.29, 0.717) is 11.7 Å². The summed E-state index contributed by atoms with van der Waals surface area (Å²) in [5.74, 6) is 1.18. The maximum absolute atomic E-state index is 12.3. The lowest BCUT2D eigenvalue weighted by atomic mass is 9.83. The van der Waals surface area contributed by atoms with Gasteiger partial charge in [-0.2, -0.15) is 0 Å². The van der Waals surface area contributed by atoms with E-state index in [-0.39, 0.29) is 11.6 Å². The van der Waals surface area contributed by atoms with E-state index in [1.807, 2.05) is 4.90 Å². The minimum Gasteiger partial charge on any atom is -0.480 e. The predicted molar refractivity (Wildman–Crippen MR) is 71.3 cm³/mol. The van der Waals surface area contributed by atoms with Gasteiger partial charge in [-0.1, -0.05) is 12.8 Å². The second kappa shape index (κ2) is 4.43. The van der Waals surface area contributed by atoms with Crippen LogP contribution in [-0.2, 0) is 7.05 Å². The van der Waals surface area contributed by atoms with Gasteiger partial charge in [0.05, 0.1) is 7.11 Å². The average Bonchev–Trinajstić information content (AvgIpc) is 2.97. The number of carbonyl (C=O) groups excluding carboxylic acids is 1. The molecule has 1 aromatic heterocycles. The SMILES string of the molecule is COc1cc(NC(=O)N2CCC23CCCC3)n(C)n1. The maximum Gasteiger partial charge on any atom is 0.323 e. The van der Waals surface area contributed by atoms with Crippen molar-refractivity contribution in [3.63, 3.8) is 0 Å². The topological polar surface area (TPSA) is 59.4 Å². The number of hydrogen-bond donors (Lipinski definition) is 1. The molecule has 2 fully saturated rings. The van der Waals surface area contributed by atoms with Crippen molar-refractivity contribution in [2.45, 2.75) is 37.6 Å². The number of methoxy groups -OCH3 is 1. The molecule has 1 N–H and O–H groups in total. The highest BCUT2D eigenvalue weighted by Gasteiger charge is 2.48. The molecule has 0 radical (unpaired) electrons. The molecular weight excluding hydrogens is 244 g/mol. The molecule has 0 aromatic carbocycles. The summed E-state index contributed by atoms with van der Waals surface area (Å²) in [6.45, 7) is 0.862. The van der Waals surface area contributed by atoms with Gasteiger partial charge in [0.1, 0.15) is 5.82 Å². The van der Waals surface area contributed by atoms with E-state index in [9.17, 15) is 4.79 Å². The zero-order chi connectivity index (χ0) is 13.5. The van der Waals surface area contributed by atoms with Gasteiger partial charge in [-0.05, 0) is 19.3 Å². The fourth-order valence-electron chi connectivity index (χ4n) is 3.24. The van der Waals surface area contributed by atoms with Crippen LogP contribution < -0.4 is 10.1 Å². The number of amides is 2. The van der Waals surface area contributed by atoms with Crippen LogP contribution in [0.1, 0.15) is 32.1 Å². The number of aromatic nitrogens is 2. The molecule has 1 spiro atoms. The van der Waals surface area contributed by atoms with Gasteiger partial charge in [-0.15, -0.1) is 5.10 Å². The molecule has 1 aliphatic carbocycles. The van der Waals surface area contributed by atoms with Crippen molar-refractivity contribution in [2.75, 3.05) is 19.0 Å². The molecule has 1 saturated carbocycles. The average molecular weight is 264 g/mol.